The predicted octanol–water partition coefficient (Wildman–Crippen LogP) is 3.09. The number of benzene rings is 1. The Morgan fingerprint density at radius 2 is 1.94 bits per heavy atom. The lowest BCUT2D eigenvalue weighted by molar-refractivity contribution is 0.425. The number of hydrogen-bond donors (Lipinski definition) is 2. The van der Waals surface area contributed by atoms with Crippen LogP contribution in [0.5, 0.6) is 0 Å². The maximum atomic E-state index is 13.6. The maximum Gasteiger partial charge on any atom is 0.282 e. The lowest BCUT2D eigenvalue weighted by atomic mass is 10.1. The van der Waals surface area contributed by atoms with Gasteiger partial charge in [-0.05, 0) is 44.0 Å². The number of rotatable bonds is 6. The topological polar surface area (TPSA) is 142 Å². The van der Waals surface area contributed by atoms with Crippen LogP contribution >= 0.6 is 0 Å². The summed E-state index contributed by atoms with van der Waals surface area (Å²) in [5.41, 5.74) is 8.48. The summed E-state index contributed by atoms with van der Waals surface area (Å²) in [4.78, 5) is 26.4. The quantitative estimate of drug-likeness (QED) is 0.393. The molecule has 34 heavy (non-hydrogen) atoms. The molecule has 4 heterocycles. The number of hydrogen-bond acceptors (Lipinski definition) is 9. The van der Waals surface area contributed by atoms with Gasteiger partial charge in [-0.15, -0.1) is 0 Å². The van der Waals surface area contributed by atoms with E-state index >= 15 is 0 Å². The number of nitrogens with zero attached hydrogens (tertiary/aromatic N) is 7. The van der Waals surface area contributed by atoms with Crippen LogP contribution in [-0.4, -0.2) is 34.3 Å². The smallest absolute Gasteiger partial charge is 0.282 e. The minimum Gasteiger partial charge on any atom is -0.383 e. The van der Waals surface area contributed by atoms with Crippen molar-refractivity contribution in [3.8, 4) is 17.1 Å². The molecule has 1 atom stereocenters. The van der Waals surface area contributed by atoms with Crippen LogP contribution in [0.4, 0.5) is 11.6 Å². The van der Waals surface area contributed by atoms with E-state index in [-0.39, 0.29) is 17.3 Å². The Morgan fingerprint density at radius 3 is 2.65 bits per heavy atom. The molecular formula is C23H23N9O2. The third kappa shape index (κ3) is 3.56. The third-order valence-electron chi connectivity index (χ3n) is 5.58. The number of aromatic nitrogens is 7. The van der Waals surface area contributed by atoms with Gasteiger partial charge in [0, 0.05) is 6.20 Å². The third-order valence-corrected chi connectivity index (χ3v) is 5.58. The number of nitrogens with one attached hydrogen (secondary N) is 1. The van der Waals surface area contributed by atoms with E-state index in [0.717, 1.165) is 5.56 Å². The Bertz CT molecular complexity index is 1540. The molecule has 4 aromatic heterocycles. The van der Waals surface area contributed by atoms with Gasteiger partial charge in [0.1, 0.15) is 29.0 Å². The fourth-order valence-electron chi connectivity index (χ4n) is 3.92. The summed E-state index contributed by atoms with van der Waals surface area (Å²) < 4.78 is 8.58. The van der Waals surface area contributed by atoms with Gasteiger partial charge in [-0.2, -0.15) is 10.1 Å². The molecule has 5 aromatic rings. The van der Waals surface area contributed by atoms with Crippen molar-refractivity contribution >= 4 is 17.2 Å². The van der Waals surface area contributed by atoms with Crippen LogP contribution in [0, 0.1) is 13.8 Å². The Hall–Kier alpha value is -4.54. The summed E-state index contributed by atoms with van der Waals surface area (Å²) in [7, 11) is 0. The van der Waals surface area contributed by atoms with Gasteiger partial charge in [0.2, 0.25) is 0 Å². The molecule has 3 N–H and O–H groups in total. The summed E-state index contributed by atoms with van der Waals surface area (Å²) in [6.45, 7) is 5.60. The molecule has 0 unspecified atom stereocenters. The van der Waals surface area contributed by atoms with Gasteiger partial charge >= 0.3 is 0 Å². The standard InChI is InChI=1S/C23H23N9O2/c1-4-16(28-20-17(19(24)25-12-26-20)22-27-14(3)30-34-22)21-29-31-11-10-13(2)18(31)23(33)32(21)15-8-6-5-7-9-15/h5-12,16H,4H2,1-3H3,(H3,24,25,26,28)/t16-/m0/s1. The molecule has 0 amide bonds. The SMILES string of the molecule is CC[C@H](Nc1ncnc(N)c1-c1nc(C)no1)c1nn2ccc(C)c2c(=O)n1-c1ccccc1. The van der Waals surface area contributed by atoms with Gasteiger partial charge in [-0.1, -0.05) is 30.3 Å². The molecule has 0 aliphatic heterocycles. The summed E-state index contributed by atoms with van der Waals surface area (Å²) in [6.07, 6.45) is 3.73. The van der Waals surface area contributed by atoms with Crippen molar-refractivity contribution in [1.82, 2.24) is 34.3 Å². The molecule has 1 aromatic carbocycles. The first kappa shape index (κ1) is 21.3. The molecule has 0 saturated carbocycles. The zero-order valence-electron chi connectivity index (χ0n) is 18.9. The van der Waals surface area contributed by atoms with Crippen LogP contribution in [0.15, 0.2) is 58.2 Å². The van der Waals surface area contributed by atoms with Crippen molar-refractivity contribution < 1.29 is 4.52 Å². The van der Waals surface area contributed by atoms with E-state index in [9.17, 15) is 4.79 Å². The normalized spacial score (nSPS) is 12.2. The molecule has 0 spiro atoms. The molecule has 0 fully saturated rings. The molecule has 0 aliphatic carbocycles. The van der Waals surface area contributed by atoms with Crippen LogP contribution in [-0.2, 0) is 0 Å². The Kier molecular flexibility index (Phi) is 5.28. The van der Waals surface area contributed by atoms with E-state index in [1.54, 1.807) is 22.2 Å². The van der Waals surface area contributed by atoms with Crippen molar-refractivity contribution in [3.63, 3.8) is 0 Å². The van der Waals surface area contributed by atoms with Crippen LogP contribution in [0.25, 0.3) is 22.7 Å². The van der Waals surface area contributed by atoms with E-state index in [1.165, 1.54) is 6.33 Å². The van der Waals surface area contributed by atoms with Crippen LogP contribution in [0.2, 0.25) is 0 Å². The van der Waals surface area contributed by atoms with Gasteiger partial charge in [0.25, 0.3) is 11.4 Å². The van der Waals surface area contributed by atoms with Crippen molar-refractivity contribution in [2.45, 2.75) is 33.2 Å². The van der Waals surface area contributed by atoms with E-state index < -0.39 is 6.04 Å². The summed E-state index contributed by atoms with van der Waals surface area (Å²) in [5, 5.41) is 12.0. The van der Waals surface area contributed by atoms with Crippen molar-refractivity contribution in [2.24, 2.45) is 0 Å². The Morgan fingerprint density at radius 1 is 1.15 bits per heavy atom. The summed E-state index contributed by atoms with van der Waals surface area (Å²) in [6, 6.07) is 10.9. The maximum absolute atomic E-state index is 13.6. The van der Waals surface area contributed by atoms with Gasteiger partial charge in [-0.25, -0.2) is 14.5 Å². The summed E-state index contributed by atoms with van der Waals surface area (Å²) >= 11 is 0. The molecular weight excluding hydrogens is 434 g/mol. The largest absolute Gasteiger partial charge is 0.383 e. The van der Waals surface area contributed by atoms with Gasteiger partial charge in [-0.3, -0.25) is 9.36 Å². The van der Waals surface area contributed by atoms with Gasteiger partial charge < -0.3 is 15.6 Å². The number of nitrogen functional groups attached to an aromatic ring is 1. The van der Waals surface area contributed by atoms with E-state index in [2.05, 4.69) is 25.4 Å². The van der Waals surface area contributed by atoms with E-state index in [1.807, 2.05) is 50.2 Å². The average Bonchev–Trinajstić information content (AvgIpc) is 3.43. The van der Waals surface area contributed by atoms with Gasteiger partial charge in [0.05, 0.1) is 11.7 Å². The van der Waals surface area contributed by atoms with Crippen molar-refractivity contribution in [2.75, 3.05) is 11.1 Å². The minimum absolute atomic E-state index is 0.158. The second-order valence-electron chi connectivity index (χ2n) is 7.86. The molecule has 0 saturated heterocycles. The monoisotopic (exact) mass is 457 g/mol. The zero-order valence-corrected chi connectivity index (χ0v) is 18.9. The number of aryl methyl sites for hydroxylation is 2. The molecule has 0 aliphatic rings. The van der Waals surface area contributed by atoms with Crippen LogP contribution in [0.3, 0.4) is 0 Å². The minimum atomic E-state index is -0.405. The lowest BCUT2D eigenvalue weighted by Gasteiger charge is -2.22. The fraction of sp³-hybridized carbons (Fsp3) is 0.217. The first-order valence-electron chi connectivity index (χ1n) is 10.8. The zero-order chi connectivity index (χ0) is 23.8. The first-order valence-corrected chi connectivity index (χ1v) is 10.8. The highest BCUT2D eigenvalue weighted by Crippen LogP contribution is 2.32. The van der Waals surface area contributed by atoms with Crippen LogP contribution in [0.1, 0.15) is 36.6 Å². The molecule has 0 bridgehead atoms. The number of anilines is 2. The lowest BCUT2D eigenvalue weighted by Crippen LogP contribution is -2.30. The fourth-order valence-corrected chi connectivity index (χ4v) is 3.92. The van der Waals surface area contributed by atoms with E-state index in [0.29, 0.717) is 40.7 Å². The van der Waals surface area contributed by atoms with Crippen LogP contribution < -0.4 is 16.6 Å². The van der Waals surface area contributed by atoms with Gasteiger partial charge in [0.15, 0.2) is 11.6 Å². The highest BCUT2D eigenvalue weighted by atomic mass is 16.5. The average molecular weight is 457 g/mol. The number of fused-ring (bicyclic) bond motifs is 1. The predicted molar refractivity (Wildman–Crippen MR) is 127 cm³/mol. The van der Waals surface area contributed by atoms with Crippen molar-refractivity contribution in [1.29, 1.82) is 0 Å². The van der Waals surface area contributed by atoms with Crippen molar-refractivity contribution in [3.05, 3.63) is 76.5 Å². The number of nitrogens with two attached hydrogens (primary N) is 1. The second-order valence-corrected chi connectivity index (χ2v) is 7.86. The molecule has 11 heteroatoms. The Labute approximate surface area is 194 Å². The molecule has 5 rings (SSSR count). The highest BCUT2D eigenvalue weighted by Gasteiger charge is 2.25. The molecule has 172 valence electrons. The molecule has 11 nitrogen and oxygen atoms in total. The van der Waals surface area contributed by atoms with E-state index in [4.69, 9.17) is 15.4 Å². The highest BCUT2D eigenvalue weighted by molar-refractivity contribution is 5.78. The number of para-hydroxylation sites is 1. The first-order chi connectivity index (χ1) is 16.5. The summed E-state index contributed by atoms with van der Waals surface area (Å²) in [5.74, 6) is 1.79. The Balaban J connectivity index is 1.69. The second kappa shape index (κ2) is 8.43. The molecule has 0 radical (unpaired) electrons.